The van der Waals surface area contributed by atoms with Crippen LogP contribution in [-0.4, -0.2) is 17.3 Å². The molecule has 1 aromatic heterocycles. The molecule has 2 aromatic rings. The Hall–Kier alpha value is -1.66. The monoisotopic (exact) mass is 605 g/mol. The van der Waals surface area contributed by atoms with Gasteiger partial charge < -0.3 is 4.98 Å². The standard InChI is InChI=1S/C22H20F6N.Ir/c1-5-15-11-14-10-13(18-9-7-16(12-29-18)19(2,3)4)6-8-17(14)20(15,21(23,24)25)22(26,27)28;/h7-12H,5H2,1-4H3;/q-1;. The summed E-state index contributed by atoms with van der Waals surface area (Å²) in [5.41, 5.74) is -4.04. The Morgan fingerprint density at radius 1 is 1.00 bits per heavy atom. The van der Waals surface area contributed by atoms with E-state index in [4.69, 9.17) is 0 Å². The molecule has 0 saturated heterocycles. The molecular weight excluding hydrogens is 584 g/mol. The zero-order valence-corrected chi connectivity index (χ0v) is 19.1. The molecule has 1 aliphatic carbocycles. The van der Waals surface area contributed by atoms with Gasteiger partial charge in [0.25, 0.3) is 0 Å². The Morgan fingerprint density at radius 2 is 1.60 bits per heavy atom. The van der Waals surface area contributed by atoms with E-state index in [1.54, 1.807) is 12.3 Å². The molecular formula is C22H20F6IrN-. The van der Waals surface area contributed by atoms with Gasteiger partial charge in [0.15, 0.2) is 5.41 Å². The Kier molecular flexibility index (Phi) is 6.39. The van der Waals surface area contributed by atoms with Crippen LogP contribution in [0, 0.1) is 6.07 Å². The molecule has 3 rings (SSSR count). The Bertz CT molecular complexity index is 936. The molecule has 1 aliphatic rings. The van der Waals surface area contributed by atoms with Crippen molar-refractivity contribution in [2.75, 3.05) is 0 Å². The number of allylic oxidation sites excluding steroid dienone is 1. The third kappa shape index (κ3) is 3.73. The molecule has 8 heteroatoms. The van der Waals surface area contributed by atoms with Gasteiger partial charge in [-0.15, -0.1) is 29.3 Å². The first-order valence-electron chi connectivity index (χ1n) is 9.11. The van der Waals surface area contributed by atoms with Gasteiger partial charge in [0.1, 0.15) is 0 Å². The molecule has 0 amide bonds. The molecule has 165 valence electrons. The van der Waals surface area contributed by atoms with Crippen LogP contribution in [0.3, 0.4) is 0 Å². The summed E-state index contributed by atoms with van der Waals surface area (Å²) in [5.74, 6) is 0. The van der Waals surface area contributed by atoms with Gasteiger partial charge in [-0.2, -0.15) is 26.3 Å². The molecule has 1 aromatic carbocycles. The maximum Gasteiger partial charge on any atom is 0.403 e. The molecule has 0 fully saturated rings. The summed E-state index contributed by atoms with van der Waals surface area (Å²) < 4.78 is 82.9. The van der Waals surface area contributed by atoms with Gasteiger partial charge in [-0.1, -0.05) is 57.0 Å². The second-order valence-corrected chi connectivity index (χ2v) is 8.17. The summed E-state index contributed by atoms with van der Waals surface area (Å²) in [5, 5.41) is 0. The van der Waals surface area contributed by atoms with Crippen LogP contribution in [-0.2, 0) is 30.9 Å². The largest absolute Gasteiger partial charge is 0.403 e. The van der Waals surface area contributed by atoms with Gasteiger partial charge >= 0.3 is 12.4 Å². The molecule has 0 N–H and O–H groups in total. The van der Waals surface area contributed by atoms with Crippen LogP contribution in [0.25, 0.3) is 17.3 Å². The van der Waals surface area contributed by atoms with E-state index in [9.17, 15) is 26.3 Å². The van der Waals surface area contributed by atoms with E-state index in [1.807, 2.05) is 26.8 Å². The number of hydrogen-bond acceptors (Lipinski definition) is 1. The van der Waals surface area contributed by atoms with Crippen molar-refractivity contribution in [1.29, 1.82) is 0 Å². The van der Waals surface area contributed by atoms with Gasteiger partial charge in [-0.3, -0.25) is 0 Å². The number of nitrogens with zero attached hydrogens (tertiary/aromatic N) is 1. The minimum atomic E-state index is -5.51. The molecule has 0 atom stereocenters. The molecule has 0 saturated carbocycles. The topological polar surface area (TPSA) is 12.9 Å². The average Bonchev–Trinajstić information content (AvgIpc) is 2.95. The van der Waals surface area contributed by atoms with Crippen LogP contribution >= 0.6 is 0 Å². The minimum Gasteiger partial charge on any atom is -0.304 e. The van der Waals surface area contributed by atoms with Crippen LogP contribution in [0.4, 0.5) is 26.3 Å². The smallest absolute Gasteiger partial charge is 0.304 e. The maximum atomic E-state index is 13.8. The normalized spacial score (nSPS) is 16.0. The molecule has 1 heterocycles. The minimum absolute atomic E-state index is 0. The van der Waals surface area contributed by atoms with E-state index < -0.39 is 28.9 Å². The van der Waals surface area contributed by atoms with Gasteiger partial charge in [0, 0.05) is 26.3 Å². The van der Waals surface area contributed by atoms with Crippen molar-refractivity contribution < 1.29 is 46.4 Å². The number of fused-ring (bicyclic) bond motifs is 1. The van der Waals surface area contributed by atoms with Crippen LogP contribution < -0.4 is 0 Å². The van der Waals surface area contributed by atoms with Crippen LogP contribution in [0.2, 0.25) is 0 Å². The first-order chi connectivity index (χ1) is 13.2. The van der Waals surface area contributed by atoms with Gasteiger partial charge in [0.05, 0.1) is 0 Å². The molecule has 0 spiro atoms. The maximum absolute atomic E-state index is 13.8. The van der Waals surface area contributed by atoms with E-state index in [-0.39, 0.29) is 37.5 Å². The molecule has 0 bridgehead atoms. The second-order valence-electron chi connectivity index (χ2n) is 8.17. The second kappa shape index (κ2) is 7.79. The molecule has 0 aliphatic heterocycles. The van der Waals surface area contributed by atoms with Gasteiger partial charge in [-0.25, -0.2) is 0 Å². The van der Waals surface area contributed by atoms with Crippen molar-refractivity contribution in [3.05, 3.63) is 58.8 Å². The van der Waals surface area contributed by atoms with Crippen LogP contribution in [0.5, 0.6) is 0 Å². The van der Waals surface area contributed by atoms with Crippen LogP contribution in [0.1, 0.15) is 50.8 Å². The predicted molar refractivity (Wildman–Crippen MR) is 99.3 cm³/mol. The Morgan fingerprint density at radius 3 is 2.03 bits per heavy atom. The Balaban J connectivity index is 0.00000320. The predicted octanol–water partition coefficient (Wildman–Crippen LogP) is 7.01. The number of hydrogen-bond donors (Lipinski definition) is 0. The number of aromatic nitrogens is 1. The summed E-state index contributed by atoms with van der Waals surface area (Å²) in [6, 6.07) is 8.23. The average molecular weight is 605 g/mol. The van der Waals surface area contributed by atoms with Crippen molar-refractivity contribution in [3.63, 3.8) is 0 Å². The van der Waals surface area contributed by atoms with E-state index in [2.05, 4.69) is 11.1 Å². The molecule has 1 radical (unpaired) electrons. The zero-order chi connectivity index (χ0) is 21.8. The van der Waals surface area contributed by atoms with Crippen molar-refractivity contribution in [2.45, 2.75) is 57.3 Å². The fourth-order valence-corrected chi connectivity index (χ4v) is 3.76. The van der Waals surface area contributed by atoms with Crippen molar-refractivity contribution in [1.82, 2.24) is 4.98 Å². The van der Waals surface area contributed by atoms with E-state index in [0.29, 0.717) is 11.3 Å². The van der Waals surface area contributed by atoms with Crippen molar-refractivity contribution >= 4 is 6.08 Å². The number of benzene rings is 1. The number of rotatable bonds is 2. The molecule has 1 nitrogen and oxygen atoms in total. The van der Waals surface area contributed by atoms with Crippen molar-refractivity contribution in [2.24, 2.45) is 0 Å². The first kappa shape index (κ1) is 24.6. The third-order valence-corrected chi connectivity index (χ3v) is 5.34. The fraction of sp³-hybridized carbons (Fsp3) is 0.409. The third-order valence-electron chi connectivity index (χ3n) is 5.34. The summed E-state index contributed by atoms with van der Waals surface area (Å²) in [6.07, 6.45) is -8.75. The molecule has 30 heavy (non-hydrogen) atoms. The SMILES string of the molecule is CCC1=Cc2cc(-c3ccc(C(C)(C)C)cn3)[c-]cc2C1(C(F)(F)F)C(F)(F)F.[Ir]. The zero-order valence-electron chi connectivity index (χ0n) is 16.7. The number of alkyl halides is 6. The van der Waals surface area contributed by atoms with E-state index >= 15 is 0 Å². The summed E-state index contributed by atoms with van der Waals surface area (Å²) in [6.45, 7) is 7.32. The van der Waals surface area contributed by atoms with Crippen molar-refractivity contribution in [3.8, 4) is 11.3 Å². The Labute approximate surface area is 184 Å². The summed E-state index contributed by atoms with van der Waals surface area (Å²) in [4.78, 5) is 4.32. The quantitative estimate of drug-likeness (QED) is 0.266. The van der Waals surface area contributed by atoms with Gasteiger partial charge in [-0.05, 0) is 23.1 Å². The first-order valence-corrected chi connectivity index (χ1v) is 9.11. The summed E-state index contributed by atoms with van der Waals surface area (Å²) in [7, 11) is 0. The van der Waals surface area contributed by atoms with Crippen LogP contribution in [0.15, 0.2) is 36.0 Å². The van der Waals surface area contributed by atoms with E-state index in [0.717, 1.165) is 17.7 Å². The van der Waals surface area contributed by atoms with Gasteiger partial charge in [0.2, 0.25) is 0 Å². The fourth-order valence-electron chi connectivity index (χ4n) is 3.76. The van der Waals surface area contributed by atoms with E-state index in [1.165, 1.54) is 13.0 Å². The number of pyridine rings is 1. The number of halogens is 6. The molecule has 0 unspecified atom stereocenters. The summed E-state index contributed by atoms with van der Waals surface area (Å²) >= 11 is 0.